The lowest BCUT2D eigenvalue weighted by Gasteiger charge is -2.05. The average Bonchev–Trinajstić information content (AvgIpc) is 2.37. The third-order valence-corrected chi connectivity index (χ3v) is 1.73. The van der Waals surface area contributed by atoms with Crippen molar-refractivity contribution in [2.24, 2.45) is 5.73 Å². The number of rotatable bonds is 1. The van der Waals surface area contributed by atoms with Gasteiger partial charge in [-0.3, -0.25) is 0 Å². The van der Waals surface area contributed by atoms with Crippen LogP contribution in [-0.2, 0) is 6.54 Å². The summed E-state index contributed by atoms with van der Waals surface area (Å²) >= 11 is 0. The Labute approximate surface area is 73.1 Å². The first-order valence-corrected chi connectivity index (χ1v) is 3.70. The molecular formula is C8H7F2NO2. The van der Waals surface area contributed by atoms with Gasteiger partial charge in [0.15, 0.2) is 11.5 Å². The molecule has 5 heteroatoms. The minimum absolute atomic E-state index is 0.0351. The minimum atomic E-state index is -3.56. The van der Waals surface area contributed by atoms with Crippen molar-refractivity contribution in [2.75, 3.05) is 0 Å². The van der Waals surface area contributed by atoms with E-state index in [0.29, 0.717) is 5.56 Å². The van der Waals surface area contributed by atoms with Gasteiger partial charge in [-0.25, -0.2) is 0 Å². The van der Waals surface area contributed by atoms with Gasteiger partial charge in [0.25, 0.3) is 0 Å². The van der Waals surface area contributed by atoms with E-state index in [2.05, 4.69) is 9.47 Å². The van der Waals surface area contributed by atoms with Crippen molar-refractivity contribution in [3.63, 3.8) is 0 Å². The predicted octanol–water partition coefficient (Wildman–Crippen LogP) is 1.47. The van der Waals surface area contributed by atoms with E-state index in [1.165, 1.54) is 6.07 Å². The second kappa shape index (κ2) is 2.56. The molecule has 0 unspecified atom stereocenters. The third-order valence-electron chi connectivity index (χ3n) is 1.73. The Morgan fingerprint density at radius 2 is 2.08 bits per heavy atom. The molecule has 1 aliphatic rings. The number of nitrogens with two attached hydrogens (primary N) is 1. The molecule has 0 saturated heterocycles. The zero-order chi connectivity index (χ0) is 9.47. The molecule has 0 aliphatic carbocycles. The largest absolute Gasteiger partial charge is 0.586 e. The fourth-order valence-electron chi connectivity index (χ4n) is 1.19. The third kappa shape index (κ3) is 1.31. The number of ether oxygens (including phenoxy) is 2. The van der Waals surface area contributed by atoms with Crippen LogP contribution in [0.5, 0.6) is 11.5 Å². The number of para-hydroxylation sites is 1. The van der Waals surface area contributed by atoms with Gasteiger partial charge in [0.1, 0.15) is 0 Å². The molecule has 70 valence electrons. The maximum absolute atomic E-state index is 12.6. The molecule has 13 heavy (non-hydrogen) atoms. The molecule has 3 nitrogen and oxygen atoms in total. The van der Waals surface area contributed by atoms with Crippen molar-refractivity contribution in [1.29, 1.82) is 0 Å². The summed E-state index contributed by atoms with van der Waals surface area (Å²) in [5.74, 6) is 0.0722. The van der Waals surface area contributed by atoms with Gasteiger partial charge in [0.05, 0.1) is 0 Å². The van der Waals surface area contributed by atoms with E-state index in [9.17, 15) is 8.78 Å². The fourth-order valence-corrected chi connectivity index (χ4v) is 1.19. The van der Waals surface area contributed by atoms with E-state index in [4.69, 9.17) is 5.73 Å². The summed E-state index contributed by atoms with van der Waals surface area (Å²) in [6.45, 7) is 0.141. The molecule has 1 aromatic rings. The number of hydrogen-bond donors (Lipinski definition) is 1. The predicted molar refractivity (Wildman–Crippen MR) is 40.5 cm³/mol. The molecule has 0 aromatic heterocycles. The Hall–Kier alpha value is -1.36. The molecule has 0 saturated carbocycles. The van der Waals surface area contributed by atoms with E-state index in [1.54, 1.807) is 12.1 Å². The Bertz CT molecular complexity index is 341. The van der Waals surface area contributed by atoms with Crippen molar-refractivity contribution in [2.45, 2.75) is 12.8 Å². The second-order valence-corrected chi connectivity index (χ2v) is 2.62. The molecule has 2 rings (SSSR count). The summed E-state index contributed by atoms with van der Waals surface area (Å²) in [6.07, 6.45) is -3.56. The molecular weight excluding hydrogens is 180 g/mol. The molecule has 0 bridgehead atoms. The average molecular weight is 187 g/mol. The molecule has 0 atom stereocenters. The highest BCUT2D eigenvalue weighted by atomic mass is 19.3. The van der Waals surface area contributed by atoms with Crippen LogP contribution in [-0.4, -0.2) is 6.29 Å². The zero-order valence-corrected chi connectivity index (χ0v) is 6.59. The number of halogens is 2. The highest BCUT2D eigenvalue weighted by Gasteiger charge is 2.44. The van der Waals surface area contributed by atoms with Crippen molar-refractivity contribution in [3.05, 3.63) is 23.8 Å². The van der Waals surface area contributed by atoms with Crippen molar-refractivity contribution < 1.29 is 18.3 Å². The monoisotopic (exact) mass is 187 g/mol. The maximum atomic E-state index is 12.6. The molecule has 1 aliphatic heterocycles. The van der Waals surface area contributed by atoms with E-state index in [0.717, 1.165) is 0 Å². The van der Waals surface area contributed by atoms with Crippen LogP contribution in [0.3, 0.4) is 0 Å². The first kappa shape index (κ1) is 8.25. The molecule has 1 aromatic carbocycles. The Balaban J connectivity index is 2.45. The molecule has 2 N–H and O–H groups in total. The molecule has 0 amide bonds. The quantitative estimate of drug-likeness (QED) is 0.723. The minimum Gasteiger partial charge on any atom is -0.395 e. The Morgan fingerprint density at radius 3 is 2.77 bits per heavy atom. The fraction of sp³-hybridized carbons (Fsp3) is 0.250. The standard InChI is InChI=1S/C8H7F2NO2/c9-8(10)12-6-3-1-2-5(4-11)7(6)13-8/h1-3H,4,11H2. The van der Waals surface area contributed by atoms with Crippen LogP contribution in [0.25, 0.3) is 0 Å². The number of benzene rings is 1. The summed E-state index contributed by atoms with van der Waals surface area (Å²) < 4.78 is 33.6. The molecule has 0 fully saturated rings. The number of fused-ring (bicyclic) bond motifs is 1. The summed E-state index contributed by atoms with van der Waals surface area (Å²) in [5.41, 5.74) is 5.84. The van der Waals surface area contributed by atoms with Gasteiger partial charge in [-0.2, -0.15) is 0 Å². The van der Waals surface area contributed by atoms with Crippen LogP contribution in [0.15, 0.2) is 18.2 Å². The van der Waals surface area contributed by atoms with Crippen LogP contribution in [0.2, 0.25) is 0 Å². The lowest BCUT2D eigenvalue weighted by Crippen LogP contribution is -2.26. The normalized spacial score (nSPS) is 17.5. The summed E-state index contributed by atoms with van der Waals surface area (Å²) in [7, 11) is 0. The Kier molecular flexibility index (Phi) is 1.63. The van der Waals surface area contributed by atoms with Crippen LogP contribution in [0, 0.1) is 0 Å². The van der Waals surface area contributed by atoms with Gasteiger partial charge in [-0.1, -0.05) is 12.1 Å². The lowest BCUT2D eigenvalue weighted by atomic mass is 10.2. The van der Waals surface area contributed by atoms with Crippen LogP contribution in [0.4, 0.5) is 8.78 Å². The molecule has 0 spiro atoms. The van der Waals surface area contributed by atoms with Crippen LogP contribution in [0.1, 0.15) is 5.56 Å². The highest BCUT2D eigenvalue weighted by Crippen LogP contribution is 2.42. The molecule has 1 heterocycles. The Morgan fingerprint density at radius 1 is 1.31 bits per heavy atom. The summed E-state index contributed by atoms with van der Waals surface area (Å²) in [5, 5.41) is 0. The lowest BCUT2D eigenvalue weighted by molar-refractivity contribution is -0.286. The van der Waals surface area contributed by atoms with Crippen LogP contribution < -0.4 is 15.2 Å². The van der Waals surface area contributed by atoms with E-state index >= 15 is 0 Å². The number of alkyl halides is 2. The molecule has 0 radical (unpaired) electrons. The zero-order valence-electron chi connectivity index (χ0n) is 6.59. The highest BCUT2D eigenvalue weighted by molar-refractivity contribution is 5.48. The van der Waals surface area contributed by atoms with E-state index in [-0.39, 0.29) is 18.0 Å². The van der Waals surface area contributed by atoms with Gasteiger partial charge in [-0.05, 0) is 6.07 Å². The van der Waals surface area contributed by atoms with E-state index < -0.39 is 6.29 Å². The maximum Gasteiger partial charge on any atom is 0.586 e. The van der Waals surface area contributed by atoms with Gasteiger partial charge in [-0.15, -0.1) is 8.78 Å². The SMILES string of the molecule is NCc1cccc2c1OC(F)(F)O2. The topological polar surface area (TPSA) is 44.5 Å². The van der Waals surface area contributed by atoms with Gasteiger partial charge < -0.3 is 15.2 Å². The second-order valence-electron chi connectivity index (χ2n) is 2.62. The first-order chi connectivity index (χ1) is 6.12. The summed E-state index contributed by atoms with van der Waals surface area (Å²) in [4.78, 5) is 0. The van der Waals surface area contributed by atoms with Crippen molar-refractivity contribution >= 4 is 0 Å². The summed E-state index contributed by atoms with van der Waals surface area (Å²) in [6, 6.07) is 4.62. The smallest absolute Gasteiger partial charge is 0.395 e. The van der Waals surface area contributed by atoms with Crippen molar-refractivity contribution in [3.8, 4) is 11.5 Å². The number of hydrogen-bond acceptors (Lipinski definition) is 3. The van der Waals surface area contributed by atoms with Gasteiger partial charge in [0, 0.05) is 12.1 Å². The van der Waals surface area contributed by atoms with E-state index in [1.807, 2.05) is 0 Å². The van der Waals surface area contributed by atoms with Gasteiger partial charge >= 0.3 is 6.29 Å². The van der Waals surface area contributed by atoms with Gasteiger partial charge in [0.2, 0.25) is 0 Å². The first-order valence-electron chi connectivity index (χ1n) is 3.70. The van der Waals surface area contributed by atoms with Crippen molar-refractivity contribution in [1.82, 2.24) is 0 Å². The van der Waals surface area contributed by atoms with Crippen LogP contribution >= 0.6 is 0 Å².